The lowest BCUT2D eigenvalue weighted by molar-refractivity contribution is 0.194. The van der Waals surface area contributed by atoms with Crippen LogP contribution in [0.25, 0.3) is 0 Å². The van der Waals surface area contributed by atoms with Crippen molar-refractivity contribution in [2.24, 2.45) is 0 Å². The first-order valence-electron chi connectivity index (χ1n) is 7.98. The second-order valence-electron chi connectivity index (χ2n) is 5.97. The van der Waals surface area contributed by atoms with Gasteiger partial charge >= 0.3 is 7.60 Å². The Balaban J connectivity index is 2.13. The smallest absolute Gasteiger partial charge is 0.303 e. The third kappa shape index (κ3) is 6.40. The molecule has 0 spiro atoms. The summed E-state index contributed by atoms with van der Waals surface area (Å²) < 4.78 is 48.5. The lowest BCUT2D eigenvalue weighted by atomic mass is 10.2. The van der Waals surface area contributed by atoms with Gasteiger partial charge in [0.2, 0.25) is 0 Å². The van der Waals surface area contributed by atoms with Crippen LogP contribution < -0.4 is 0 Å². The van der Waals surface area contributed by atoms with Gasteiger partial charge in [-0.05, 0) is 25.0 Å². The van der Waals surface area contributed by atoms with E-state index in [9.17, 15) is 13.0 Å². The SMILES string of the molecule is CC(C)S(=O)(=O)CP(=O)(OCc1ccccc1)OCc1ccccc1. The quantitative estimate of drug-likeness (QED) is 0.602. The van der Waals surface area contributed by atoms with Gasteiger partial charge in [-0.3, -0.25) is 4.57 Å². The summed E-state index contributed by atoms with van der Waals surface area (Å²) in [5.74, 6) is 0. The minimum absolute atomic E-state index is 0.0283. The molecule has 0 radical (unpaired) electrons. The Bertz CT molecular complexity index is 756. The standard InChI is InChI=1S/C18H23O5PS/c1-16(2)25(20,21)15-24(19,22-13-17-9-5-3-6-10-17)23-14-18-11-7-4-8-12-18/h3-12,16H,13-15H2,1-2H3. The molecule has 0 aliphatic rings. The van der Waals surface area contributed by atoms with E-state index in [1.165, 1.54) is 0 Å². The summed E-state index contributed by atoms with van der Waals surface area (Å²) >= 11 is 0. The van der Waals surface area contributed by atoms with E-state index >= 15 is 0 Å². The van der Waals surface area contributed by atoms with Crippen LogP contribution in [0.5, 0.6) is 0 Å². The van der Waals surface area contributed by atoms with Gasteiger partial charge in [0.1, 0.15) is 0 Å². The van der Waals surface area contributed by atoms with Gasteiger partial charge in [0.05, 0.1) is 18.5 Å². The summed E-state index contributed by atoms with van der Waals surface area (Å²) in [7, 11) is -7.39. The molecule has 0 saturated carbocycles. The second kappa shape index (κ2) is 8.77. The first-order valence-corrected chi connectivity index (χ1v) is 11.4. The number of hydrogen-bond donors (Lipinski definition) is 0. The molecule has 0 amide bonds. The Hall–Kier alpha value is -1.46. The normalized spacial score (nSPS) is 12.4. The summed E-state index contributed by atoms with van der Waals surface area (Å²) in [6, 6.07) is 18.3. The van der Waals surface area contributed by atoms with Crippen molar-refractivity contribution in [1.82, 2.24) is 0 Å². The van der Waals surface area contributed by atoms with E-state index in [2.05, 4.69) is 0 Å². The average molecular weight is 382 g/mol. The highest BCUT2D eigenvalue weighted by atomic mass is 32.2. The Morgan fingerprint density at radius 2 is 1.24 bits per heavy atom. The minimum atomic E-state index is -3.81. The van der Waals surface area contributed by atoms with Crippen molar-refractivity contribution in [2.45, 2.75) is 32.3 Å². The highest BCUT2D eigenvalue weighted by Gasteiger charge is 2.34. The Kier molecular flexibility index (Phi) is 6.96. The van der Waals surface area contributed by atoms with E-state index in [0.717, 1.165) is 11.1 Å². The summed E-state index contributed by atoms with van der Waals surface area (Å²) in [6.45, 7) is 3.16. The van der Waals surface area contributed by atoms with Crippen molar-refractivity contribution in [1.29, 1.82) is 0 Å². The van der Waals surface area contributed by atoms with Crippen molar-refractivity contribution in [2.75, 3.05) is 5.49 Å². The Labute approximate surface area is 149 Å². The predicted octanol–water partition coefficient (Wildman–Crippen LogP) is 4.39. The summed E-state index contributed by atoms with van der Waals surface area (Å²) in [5.41, 5.74) is 0.970. The van der Waals surface area contributed by atoms with Gasteiger partial charge in [0.25, 0.3) is 0 Å². The summed E-state index contributed by atoms with van der Waals surface area (Å²) in [6.07, 6.45) is 0. The number of rotatable bonds is 9. The van der Waals surface area contributed by atoms with E-state index in [1.54, 1.807) is 13.8 Å². The third-order valence-corrected chi connectivity index (χ3v) is 8.78. The molecule has 2 aromatic carbocycles. The fourth-order valence-electron chi connectivity index (χ4n) is 1.98. The molecule has 25 heavy (non-hydrogen) atoms. The van der Waals surface area contributed by atoms with Crippen molar-refractivity contribution >= 4 is 17.4 Å². The van der Waals surface area contributed by atoms with Gasteiger partial charge in [-0.25, -0.2) is 8.42 Å². The molecule has 2 rings (SSSR count). The van der Waals surface area contributed by atoms with E-state index < -0.39 is 28.2 Å². The number of benzene rings is 2. The molecule has 136 valence electrons. The molecule has 7 heteroatoms. The van der Waals surface area contributed by atoms with Crippen LogP contribution in [0.1, 0.15) is 25.0 Å². The van der Waals surface area contributed by atoms with Gasteiger partial charge in [-0.2, -0.15) is 0 Å². The van der Waals surface area contributed by atoms with Gasteiger partial charge in [-0.1, -0.05) is 60.7 Å². The molecule has 0 aliphatic carbocycles. The largest absolute Gasteiger partial charge is 0.346 e. The minimum Gasteiger partial charge on any atom is -0.303 e. The average Bonchev–Trinajstić information content (AvgIpc) is 2.60. The van der Waals surface area contributed by atoms with E-state index in [4.69, 9.17) is 9.05 Å². The van der Waals surface area contributed by atoms with Crippen LogP contribution in [0.15, 0.2) is 60.7 Å². The Morgan fingerprint density at radius 3 is 1.60 bits per heavy atom. The fourth-order valence-corrected chi connectivity index (χ4v) is 6.29. The molecule has 0 bridgehead atoms. The van der Waals surface area contributed by atoms with Crippen LogP contribution in [0.2, 0.25) is 0 Å². The van der Waals surface area contributed by atoms with Crippen LogP contribution >= 0.6 is 7.60 Å². The number of sulfone groups is 1. The molecule has 0 saturated heterocycles. The van der Waals surface area contributed by atoms with E-state index in [0.29, 0.717) is 0 Å². The highest BCUT2D eigenvalue weighted by Crippen LogP contribution is 2.51. The van der Waals surface area contributed by atoms with Crippen molar-refractivity contribution < 1.29 is 22.0 Å². The lowest BCUT2D eigenvalue weighted by Crippen LogP contribution is -2.19. The van der Waals surface area contributed by atoms with Gasteiger partial charge in [0.15, 0.2) is 15.3 Å². The molecule has 0 aliphatic heterocycles. The first-order chi connectivity index (χ1) is 11.8. The molecule has 0 fully saturated rings. The fraction of sp³-hybridized carbons (Fsp3) is 0.333. The Morgan fingerprint density at radius 1 is 0.840 bits per heavy atom. The van der Waals surface area contributed by atoms with Gasteiger partial charge < -0.3 is 9.05 Å². The maximum atomic E-state index is 13.1. The molecule has 5 nitrogen and oxygen atoms in total. The zero-order valence-electron chi connectivity index (χ0n) is 14.4. The lowest BCUT2D eigenvalue weighted by Gasteiger charge is -2.20. The maximum absolute atomic E-state index is 13.1. The van der Waals surface area contributed by atoms with Crippen molar-refractivity contribution in [3.05, 3.63) is 71.8 Å². The van der Waals surface area contributed by atoms with Gasteiger partial charge in [0, 0.05) is 0 Å². The van der Waals surface area contributed by atoms with Crippen LogP contribution in [-0.2, 0) is 36.7 Å². The van der Waals surface area contributed by atoms with Crippen LogP contribution in [0.4, 0.5) is 0 Å². The molecule has 0 aromatic heterocycles. The molecule has 0 atom stereocenters. The summed E-state index contributed by atoms with van der Waals surface area (Å²) in [5, 5.41) is -0.651. The molecular weight excluding hydrogens is 359 g/mol. The highest BCUT2D eigenvalue weighted by molar-refractivity contribution is 7.98. The molecule has 0 heterocycles. The van der Waals surface area contributed by atoms with E-state index in [-0.39, 0.29) is 13.2 Å². The third-order valence-electron chi connectivity index (χ3n) is 3.60. The van der Waals surface area contributed by atoms with Crippen molar-refractivity contribution in [3.63, 3.8) is 0 Å². The van der Waals surface area contributed by atoms with Crippen LogP contribution in [0.3, 0.4) is 0 Å². The predicted molar refractivity (Wildman–Crippen MR) is 99.0 cm³/mol. The monoisotopic (exact) mass is 382 g/mol. The van der Waals surface area contributed by atoms with Gasteiger partial charge in [-0.15, -0.1) is 0 Å². The van der Waals surface area contributed by atoms with Crippen molar-refractivity contribution in [3.8, 4) is 0 Å². The van der Waals surface area contributed by atoms with Crippen LogP contribution in [0, 0.1) is 0 Å². The van der Waals surface area contributed by atoms with E-state index in [1.807, 2.05) is 60.7 Å². The second-order valence-corrected chi connectivity index (χ2v) is 11.0. The first kappa shape index (κ1) is 19.9. The molecular formula is C18H23O5PS. The van der Waals surface area contributed by atoms with Crippen LogP contribution in [-0.4, -0.2) is 19.2 Å². The zero-order chi connectivity index (χ0) is 18.3. The molecule has 0 unspecified atom stereocenters. The summed E-state index contributed by atoms with van der Waals surface area (Å²) in [4.78, 5) is 0. The number of hydrogen-bond acceptors (Lipinski definition) is 5. The molecule has 2 aromatic rings. The topological polar surface area (TPSA) is 69.7 Å². The molecule has 0 N–H and O–H groups in total. The maximum Gasteiger partial charge on any atom is 0.346 e. The zero-order valence-corrected chi connectivity index (χ0v) is 16.1.